The first kappa shape index (κ1) is 13.5. The highest BCUT2D eigenvalue weighted by molar-refractivity contribution is 5.42. The zero-order valence-electron chi connectivity index (χ0n) is 11.5. The van der Waals surface area contributed by atoms with Gasteiger partial charge in [-0.25, -0.2) is 4.98 Å². The first-order valence-electron chi connectivity index (χ1n) is 6.53. The number of aromatic nitrogens is 2. The van der Waals surface area contributed by atoms with E-state index in [4.69, 9.17) is 5.73 Å². The van der Waals surface area contributed by atoms with Crippen LogP contribution in [-0.2, 0) is 19.5 Å². The lowest BCUT2D eigenvalue weighted by atomic mass is 10.2. The van der Waals surface area contributed by atoms with Crippen LogP contribution >= 0.6 is 0 Å². The second-order valence-corrected chi connectivity index (χ2v) is 4.60. The minimum absolute atomic E-state index is 0.545. The summed E-state index contributed by atoms with van der Waals surface area (Å²) in [5, 5.41) is 0. The second-order valence-electron chi connectivity index (χ2n) is 4.60. The Morgan fingerprint density at radius 3 is 2.74 bits per heavy atom. The molecule has 100 valence electrons. The van der Waals surface area contributed by atoms with Crippen molar-refractivity contribution in [3.63, 3.8) is 0 Å². The van der Waals surface area contributed by atoms with Crippen LogP contribution in [0, 0.1) is 0 Å². The second kappa shape index (κ2) is 6.29. The van der Waals surface area contributed by atoms with E-state index in [0.717, 1.165) is 30.0 Å². The first-order chi connectivity index (χ1) is 9.22. The van der Waals surface area contributed by atoms with Crippen molar-refractivity contribution in [1.82, 2.24) is 9.97 Å². The van der Waals surface area contributed by atoms with Gasteiger partial charge < -0.3 is 10.6 Å². The number of rotatable bonds is 5. The van der Waals surface area contributed by atoms with E-state index in [1.54, 1.807) is 6.20 Å². The molecule has 0 atom stereocenters. The average Bonchev–Trinajstić information content (AvgIpc) is 2.47. The van der Waals surface area contributed by atoms with Gasteiger partial charge in [-0.3, -0.25) is 4.98 Å². The predicted octanol–water partition coefficient (Wildman–Crippen LogP) is 2.13. The quantitative estimate of drug-likeness (QED) is 0.890. The molecule has 0 spiro atoms. The Hall–Kier alpha value is -1.94. The highest BCUT2D eigenvalue weighted by atomic mass is 15.2. The van der Waals surface area contributed by atoms with Crippen LogP contribution in [0.15, 0.2) is 36.7 Å². The minimum atomic E-state index is 0.545. The van der Waals surface area contributed by atoms with E-state index in [-0.39, 0.29) is 0 Å². The molecule has 0 fully saturated rings. The SMILES string of the molecule is CCc1cc(CN)cc(N(C)Cc2cccnc2)n1. The van der Waals surface area contributed by atoms with Crippen LogP contribution < -0.4 is 10.6 Å². The standard InChI is InChI=1S/C15H20N4/c1-3-14-7-13(9-16)8-15(18-14)19(2)11-12-5-4-6-17-10-12/h4-8,10H,3,9,11,16H2,1-2H3. The van der Waals surface area contributed by atoms with E-state index in [9.17, 15) is 0 Å². The van der Waals surface area contributed by atoms with Gasteiger partial charge in [0.2, 0.25) is 0 Å². The van der Waals surface area contributed by atoms with Crippen molar-refractivity contribution >= 4 is 5.82 Å². The summed E-state index contributed by atoms with van der Waals surface area (Å²) in [5.74, 6) is 0.962. The normalized spacial score (nSPS) is 10.5. The van der Waals surface area contributed by atoms with Gasteiger partial charge in [-0.05, 0) is 35.7 Å². The molecule has 2 aromatic heterocycles. The number of nitrogens with zero attached hydrogens (tertiary/aromatic N) is 3. The molecular weight excluding hydrogens is 236 g/mol. The molecule has 0 unspecified atom stereocenters. The smallest absolute Gasteiger partial charge is 0.129 e. The Bertz CT molecular complexity index is 503. The molecule has 4 nitrogen and oxygen atoms in total. The fourth-order valence-corrected chi connectivity index (χ4v) is 1.97. The number of anilines is 1. The van der Waals surface area contributed by atoms with Gasteiger partial charge in [0, 0.05) is 38.2 Å². The van der Waals surface area contributed by atoms with E-state index in [1.165, 1.54) is 5.56 Å². The van der Waals surface area contributed by atoms with Crippen LogP contribution in [0.1, 0.15) is 23.7 Å². The third-order valence-corrected chi connectivity index (χ3v) is 3.06. The maximum atomic E-state index is 5.74. The molecule has 4 heteroatoms. The van der Waals surface area contributed by atoms with Gasteiger partial charge in [-0.1, -0.05) is 13.0 Å². The van der Waals surface area contributed by atoms with E-state index >= 15 is 0 Å². The molecule has 0 aliphatic carbocycles. The molecule has 2 heterocycles. The summed E-state index contributed by atoms with van der Waals surface area (Å²) in [6, 6.07) is 8.14. The van der Waals surface area contributed by atoms with Crippen molar-refractivity contribution in [3.05, 3.63) is 53.5 Å². The number of nitrogens with two attached hydrogens (primary N) is 1. The lowest BCUT2D eigenvalue weighted by Gasteiger charge is -2.19. The highest BCUT2D eigenvalue weighted by Gasteiger charge is 2.06. The summed E-state index contributed by atoms with van der Waals surface area (Å²) in [6.45, 7) is 3.44. The summed E-state index contributed by atoms with van der Waals surface area (Å²) in [6.07, 6.45) is 4.58. The third kappa shape index (κ3) is 3.51. The Labute approximate surface area is 114 Å². The monoisotopic (exact) mass is 256 g/mol. The zero-order chi connectivity index (χ0) is 13.7. The lowest BCUT2D eigenvalue weighted by Crippen LogP contribution is -2.19. The topological polar surface area (TPSA) is 55.0 Å². The van der Waals surface area contributed by atoms with E-state index in [2.05, 4.69) is 40.0 Å². The third-order valence-electron chi connectivity index (χ3n) is 3.06. The Morgan fingerprint density at radius 1 is 1.26 bits per heavy atom. The van der Waals surface area contributed by atoms with Crippen LogP contribution in [0.2, 0.25) is 0 Å². The maximum absolute atomic E-state index is 5.74. The van der Waals surface area contributed by atoms with Crippen molar-refractivity contribution in [1.29, 1.82) is 0 Å². The van der Waals surface area contributed by atoms with Crippen molar-refractivity contribution in [3.8, 4) is 0 Å². The van der Waals surface area contributed by atoms with Crippen LogP contribution in [0.25, 0.3) is 0 Å². The molecule has 0 aliphatic rings. The van der Waals surface area contributed by atoms with E-state index in [0.29, 0.717) is 6.54 Å². The van der Waals surface area contributed by atoms with Gasteiger partial charge in [0.25, 0.3) is 0 Å². The fourth-order valence-electron chi connectivity index (χ4n) is 1.97. The highest BCUT2D eigenvalue weighted by Crippen LogP contribution is 2.16. The Kier molecular flexibility index (Phi) is 4.47. The van der Waals surface area contributed by atoms with Crippen molar-refractivity contribution < 1.29 is 0 Å². The summed E-state index contributed by atoms with van der Waals surface area (Å²) in [7, 11) is 2.04. The molecule has 2 aromatic rings. The summed E-state index contributed by atoms with van der Waals surface area (Å²) < 4.78 is 0. The Morgan fingerprint density at radius 2 is 2.11 bits per heavy atom. The van der Waals surface area contributed by atoms with Crippen LogP contribution in [0.5, 0.6) is 0 Å². The maximum Gasteiger partial charge on any atom is 0.129 e. The van der Waals surface area contributed by atoms with Crippen LogP contribution in [0.3, 0.4) is 0 Å². The van der Waals surface area contributed by atoms with Gasteiger partial charge in [0.15, 0.2) is 0 Å². The molecule has 0 amide bonds. The van der Waals surface area contributed by atoms with E-state index in [1.807, 2.05) is 19.3 Å². The van der Waals surface area contributed by atoms with Crippen molar-refractivity contribution in [2.24, 2.45) is 5.73 Å². The number of pyridine rings is 2. The number of hydrogen-bond acceptors (Lipinski definition) is 4. The number of aryl methyl sites for hydroxylation is 1. The van der Waals surface area contributed by atoms with Crippen molar-refractivity contribution in [2.75, 3.05) is 11.9 Å². The molecular formula is C15H20N4. The summed E-state index contributed by atoms with van der Waals surface area (Å²) in [4.78, 5) is 10.9. The molecule has 19 heavy (non-hydrogen) atoms. The zero-order valence-corrected chi connectivity index (χ0v) is 11.5. The van der Waals surface area contributed by atoms with Crippen molar-refractivity contribution in [2.45, 2.75) is 26.4 Å². The Balaban J connectivity index is 2.20. The lowest BCUT2D eigenvalue weighted by molar-refractivity contribution is 0.870. The van der Waals surface area contributed by atoms with Gasteiger partial charge >= 0.3 is 0 Å². The van der Waals surface area contributed by atoms with Gasteiger partial charge in [0.1, 0.15) is 5.82 Å². The van der Waals surface area contributed by atoms with Crippen LogP contribution in [0.4, 0.5) is 5.82 Å². The molecule has 2 rings (SSSR count). The number of hydrogen-bond donors (Lipinski definition) is 1. The molecule has 0 aromatic carbocycles. The predicted molar refractivity (Wildman–Crippen MR) is 77.9 cm³/mol. The minimum Gasteiger partial charge on any atom is -0.355 e. The van der Waals surface area contributed by atoms with Gasteiger partial charge in [0.05, 0.1) is 0 Å². The van der Waals surface area contributed by atoms with Gasteiger partial charge in [-0.2, -0.15) is 0 Å². The van der Waals surface area contributed by atoms with Gasteiger partial charge in [-0.15, -0.1) is 0 Å². The molecule has 0 aliphatic heterocycles. The first-order valence-corrected chi connectivity index (χ1v) is 6.53. The summed E-state index contributed by atoms with van der Waals surface area (Å²) in [5.41, 5.74) is 9.11. The van der Waals surface area contributed by atoms with E-state index < -0.39 is 0 Å². The molecule has 0 radical (unpaired) electrons. The summed E-state index contributed by atoms with van der Waals surface area (Å²) >= 11 is 0. The molecule has 0 saturated heterocycles. The fraction of sp³-hybridized carbons (Fsp3) is 0.333. The molecule has 0 saturated carbocycles. The molecule has 0 bridgehead atoms. The molecule has 2 N–H and O–H groups in total. The average molecular weight is 256 g/mol. The largest absolute Gasteiger partial charge is 0.355 e. The van der Waals surface area contributed by atoms with Crippen LogP contribution in [-0.4, -0.2) is 17.0 Å².